The molecule has 0 saturated heterocycles. The average molecular weight is 438 g/mol. The van der Waals surface area contributed by atoms with E-state index < -0.39 is 0 Å². The molecule has 0 radical (unpaired) electrons. The first-order chi connectivity index (χ1) is 15.0. The Kier molecular flexibility index (Phi) is 5.65. The molecule has 0 fully saturated rings. The second kappa shape index (κ2) is 8.39. The van der Waals surface area contributed by atoms with Crippen LogP contribution in [0.15, 0.2) is 41.2 Å². The van der Waals surface area contributed by atoms with Gasteiger partial charge in [0, 0.05) is 5.56 Å². The molecule has 0 aliphatic heterocycles. The highest BCUT2D eigenvalue weighted by molar-refractivity contribution is 7.15. The van der Waals surface area contributed by atoms with Gasteiger partial charge >= 0.3 is 0 Å². The molecule has 0 N–H and O–H groups in total. The second-order valence-electron chi connectivity index (χ2n) is 7.29. The van der Waals surface area contributed by atoms with E-state index in [1.54, 1.807) is 33.5 Å². The number of aromatic nitrogens is 3. The van der Waals surface area contributed by atoms with E-state index in [4.69, 9.17) is 14.2 Å². The maximum absolute atomic E-state index is 13.2. The van der Waals surface area contributed by atoms with E-state index in [1.165, 1.54) is 21.3 Å². The van der Waals surface area contributed by atoms with Gasteiger partial charge in [0.1, 0.15) is 0 Å². The van der Waals surface area contributed by atoms with Crippen molar-refractivity contribution in [2.45, 2.75) is 19.8 Å². The lowest BCUT2D eigenvalue weighted by Crippen LogP contribution is -2.23. The van der Waals surface area contributed by atoms with Crippen molar-refractivity contribution in [2.24, 2.45) is 0 Å². The van der Waals surface area contributed by atoms with E-state index in [-0.39, 0.29) is 5.56 Å². The standard InChI is InChI=1S/C23H23N3O4S/c1-13(2)15-8-6-14(7-9-15)10-19-22(27)26-21(24-25-23(26)31-19)16-11-17(28-3)20(30-5)18(12-16)29-4/h6-13H,1-5H3/b19-10+. The summed E-state index contributed by atoms with van der Waals surface area (Å²) in [6.45, 7) is 4.31. The molecule has 2 heterocycles. The first-order valence-corrected chi connectivity index (χ1v) is 10.6. The number of thiazole rings is 1. The maximum Gasteiger partial charge on any atom is 0.276 e. The van der Waals surface area contributed by atoms with Crippen LogP contribution in [-0.2, 0) is 0 Å². The molecule has 0 bridgehead atoms. The molecule has 2 aromatic heterocycles. The van der Waals surface area contributed by atoms with Gasteiger partial charge in [-0.25, -0.2) is 4.40 Å². The van der Waals surface area contributed by atoms with Crippen LogP contribution in [0.25, 0.3) is 22.4 Å². The first-order valence-electron chi connectivity index (χ1n) is 9.76. The van der Waals surface area contributed by atoms with Crippen molar-refractivity contribution >= 4 is 22.4 Å². The molecular formula is C23H23N3O4S. The van der Waals surface area contributed by atoms with Crippen LogP contribution in [0.4, 0.5) is 0 Å². The minimum absolute atomic E-state index is 0.165. The number of hydrogen-bond acceptors (Lipinski definition) is 7. The summed E-state index contributed by atoms with van der Waals surface area (Å²) < 4.78 is 18.3. The van der Waals surface area contributed by atoms with Crippen LogP contribution in [0.3, 0.4) is 0 Å². The Labute approximate surface area is 183 Å². The van der Waals surface area contributed by atoms with Crippen LogP contribution in [0.2, 0.25) is 0 Å². The number of rotatable bonds is 6. The Hall–Kier alpha value is -3.39. The lowest BCUT2D eigenvalue weighted by atomic mass is 10.0. The van der Waals surface area contributed by atoms with Gasteiger partial charge < -0.3 is 14.2 Å². The molecule has 2 aromatic carbocycles. The fraction of sp³-hybridized carbons (Fsp3) is 0.261. The molecule has 8 heteroatoms. The zero-order valence-corrected chi connectivity index (χ0v) is 18.8. The normalized spacial score (nSPS) is 12.0. The van der Waals surface area contributed by atoms with Crippen LogP contribution < -0.4 is 24.3 Å². The molecule has 0 aliphatic carbocycles. The van der Waals surface area contributed by atoms with E-state index in [0.717, 1.165) is 5.56 Å². The maximum atomic E-state index is 13.2. The molecule has 4 aromatic rings. The van der Waals surface area contributed by atoms with E-state index in [1.807, 2.05) is 18.2 Å². The van der Waals surface area contributed by atoms with Gasteiger partial charge in [0.2, 0.25) is 10.7 Å². The Bertz CT molecular complexity index is 1310. The fourth-order valence-corrected chi connectivity index (χ4v) is 4.30. The molecule has 0 unspecified atom stereocenters. The summed E-state index contributed by atoms with van der Waals surface area (Å²) in [7, 11) is 4.63. The quantitative estimate of drug-likeness (QED) is 0.460. The van der Waals surface area contributed by atoms with Gasteiger partial charge in [-0.3, -0.25) is 4.79 Å². The minimum Gasteiger partial charge on any atom is -0.493 e. The Morgan fingerprint density at radius 1 is 0.968 bits per heavy atom. The summed E-state index contributed by atoms with van der Waals surface area (Å²) in [6.07, 6.45) is 1.88. The van der Waals surface area contributed by atoms with Crippen molar-refractivity contribution in [1.82, 2.24) is 14.6 Å². The third-order valence-electron chi connectivity index (χ3n) is 5.07. The van der Waals surface area contributed by atoms with Gasteiger partial charge in [0.25, 0.3) is 5.56 Å². The van der Waals surface area contributed by atoms with Crippen molar-refractivity contribution < 1.29 is 14.2 Å². The molecule has 31 heavy (non-hydrogen) atoms. The third-order valence-corrected chi connectivity index (χ3v) is 6.03. The van der Waals surface area contributed by atoms with Gasteiger partial charge in [-0.2, -0.15) is 0 Å². The van der Waals surface area contributed by atoms with Gasteiger partial charge in [0.15, 0.2) is 17.3 Å². The molecule has 0 amide bonds. The van der Waals surface area contributed by atoms with Crippen LogP contribution in [-0.4, -0.2) is 35.9 Å². The molecular weight excluding hydrogens is 414 g/mol. The molecule has 0 aliphatic rings. The lowest BCUT2D eigenvalue weighted by molar-refractivity contribution is 0.324. The van der Waals surface area contributed by atoms with Gasteiger partial charge in [-0.15, -0.1) is 10.2 Å². The summed E-state index contributed by atoms with van der Waals surface area (Å²) in [4.78, 5) is 13.7. The van der Waals surface area contributed by atoms with Crippen molar-refractivity contribution in [3.8, 4) is 28.6 Å². The Morgan fingerprint density at radius 2 is 1.61 bits per heavy atom. The van der Waals surface area contributed by atoms with Gasteiger partial charge in [0.05, 0.1) is 25.9 Å². The largest absolute Gasteiger partial charge is 0.493 e. The molecule has 4 rings (SSSR count). The minimum atomic E-state index is -0.165. The molecule has 7 nitrogen and oxygen atoms in total. The Balaban J connectivity index is 1.84. The van der Waals surface area contributed by atoms with E-state index >= 15 is 0 Å². The molecule has 0 atom stereocenters. The number of hydrogen-bond donors (Lipinski definition) is 0. The third kappa shape index (κ3) is 3.74. The lowest BCUT2D eigenvalue weighted by Gasteiger charge is -2.13. The summed E-state index contributed by atoms with van der Waals surface area (Å²) in [6, 6.07) is 11.7. The van der Waals surface area contributed by atoms with Crippen molar-refractivity contribution in [3.63, 3.8) is 0 Å². The molecule has 160 valence electrons. The predicted molar refractivity (Wildman–Crippen MR) is 122 cm³/mol. The van der Waals surface area contributed by atoms with Crippen LogP contribution >= 0.6 is 11.3 Å². The number of fused-ring (bicyclic) bond motifs is 1. The fourth-order valence-electron chi connectivity index (χ4n) is 3.39. The number of benzene rings is 2. The summed E-state index contributed by atoms with van der Waals surface area (Å²) in [5, 5.41) is 8.44. The number of ether oxygens (including phenoxy) is 3. The van der Waals surface area contributed by atoms with Crippen molar-refractivity contribution in [3.05, 3.63) is 62.4 Å². The SMILES string of the molecule is COc1cc(-c2nnc3s/c(=C/c4ccc(C(C)C)cc4)c(=O)n23)cc(OC)c1OC. The van der Waals surface area contributed by atoms with E-state index in [0.29, 0.717) is 44.0 Å². The van der Waals surface area contributed by atoms with Gasteiger partial charge in [-0.05, 0) is 35.3 Å². The highest BCUT2D eigenvalue weighted by Crippen LogP contribution is 2.40. The smallest absolute Gasteiger partial charge is 0.276 e. The summed E-state index contributed by atoms with van der Waals surface area (Å²) in [5.74, 6) is 2.31. The van der Waals surface area contributed by atoms with Crippen LogP contribution in [0, 0.1) is 0 Å². The molecule has 0 spiro atoms. The predicted octanol–water partition coefficient (Wildman–Crippen LogP) is 3.51. The monoisotopic (exact) mass is 437 g/mol. The van der Waals surface area contributed by atoms with Gasteiger partial charge in [-0.1, -0.05) is 49.4 Å². The highest BCUT2D eigenvalue weighted by atomic mass is 32.1. The average Bonchev–Trinajstić information content (AvgIpc) is 3.33. The number of nitrogens with zero attached hydrogens (tertiary/aromatic N) is 3. The van der Waals surface area contributed by atoms with E-state index in [2.05, 4.69) is 36.2 Å². The van der Waals surface area contributed by atoms with Crippen molar-refractivity contribution in [2.75, 3.05) is 21.3 Å². The van der Waals surface area contributed by atoms with Crippen LogP contribution in [0.5, 0.6) is 17.2 Å². The zero-order valence-electron chi connectivity index (χ0n) is 18.0. The van der Waals surface area contributed by atoms with Crippen LogP contribution in [0.1, 0.15) is 30.9 Å². The number of methoxy groups -OCH3 is 3. The Morgan fingerprint density at radius 3 is 2.16 bits per heavy atom. The van der Waals surface area contributed by atoms with Crippen molar-refractivity contribution in [1.29, 1.82) is 0 Å². The second-order valence-corrected chi connectivity index (χ2v) is 8.30. The van der Waals surface area contributed by atoms with E-state index in [9.17, 15) is 4.79 Å². The zero-order chi connectivity index (χ0) is 22.1. The summed E-state index contributed by atoms with van der Waals surface area (Å²) in [5.41, 5.74) is 2.70. The topological polar surface area (TPSA) is 75.0 Å². The first kappa shape index (κ1) is 20.9. The summed E-state index contributed by atoms with van der Waals surface area (Å²) >= 11 is 1.31. The molecule has 0 saturated carbocycles. The highest BCUT2D eigenvalue weighted by Gasteiger charge is 2.19.